The lowest BCUT2D eigenvalue weighted by molar-refractivity contribution is -0.119. The van der Waals surface area contributed by atoms with Crippen molar-refractivity contribution in [2.75, 3.05) is 38.7 Å². The molecule has 6 nitrogen and oxygen atoms in total. The highest BCUT2D eigenvalue weighted by Gasteiger charge is 2.22. The summed E-state index contributed by atoms with van der Waals surface area (Å²) < 4.78 is 5.75. The van der Waals surface area contributed by atoms with Gasteiger partial charge in [-0.2, -0.15) is 0 Å². The number of hydrogen-bond donors (Lipinski definition) is 2. The number of hydrogen-bond acceptors (Lipinski definition) is 3. The lowest BCUT2D eigenvalue weighted by atomic mass is 10.1. The van der Waals surface area contributed by atoms with Gasteiger partial charge in [0, 0.05) is 38.3 Å². The second kappa shape index (κ2) is 13.1. The number of aliphatic imine (C=N–C) groups is 1. The van der Waals surface area contributed by atoms with E-state index in [-0.39, 0.29) is 35.8 Å². The molecule has 0 aromatic heterocycles. The fraction of sp³-hybridized carbons (Fsp3) is 0.652. The van der Waals surface area contributed by atoms with E-state index < -0.39 is 0 Å². The molecular formula is C23H37IN4O2. The number of halogens is 1. The fourth-order valence-corrected chi connectivity index (χ4v) is 3.66. The van der Waals surface area contributed by atoms with Crippen LogP contribution in [0.3, 0.4) is 0 Å². The summed E-state index contributed by atoms with van der Waals surface area (Å²) in [5, 5.41) is 6.43. The summed E-state index contributed by atoms with van der Waals surface area (Å²) in [6, 6.07) is 8.02. The number of nitrogens with zero attached hydrogens (tertiary/aromatic N) is 2. The quantitative estimate of drug-likeness (QED) is 0.206. The zero-order valence-electron chi connectivity index (χ0n) is 18.4. The molecule has 168 valence electrons. The number of likely N-dealkylation sites (N-methyl/N-ethyl adjacent to an activating group) is 1. The third-order valence-electron chi connectivity index (χ3n) is 5.65. The van der Waals surface area contributed by atoms with E-state index in [0.29, 0.717) is 6.54 Å². The first-order valence-corrected chi connectivity index (χ1v) is 11.1. The zero-order valence-corrected chi connectivity index (χ0v) is 20.7. The van der Waals surface area contributed by atoms with Crippen LogP contribution in [0.15, 0.2) is 29.3 Å². The molecular weight excluding hydrogens is 491 g/mol. The van der Waals surface area contributed by atoms with Gasteiger partial charge in [0.15, 0.2) is 5.96 Å². The van der Waals surface area contributed by atoms with E-state index in [9.17, 15) is 4.79 Å². The van der Waals surface area contributed by atoms with Crippen LogP contribution in [0.5, 0.6) is 0 Å². The van der Waals surface area contributed by atoms with Gasteiger partial charge in [0.2, 0.25) is 5.91 Å². The van der Waals surface area contributed by atoms with Crippen LogP contribution in [0, 0.1) is 11.8 Å². The number of amides is 1. The number of nitrogens with one attached hydrogen (secondary N) is 2. The van der Waals surface area contributed by atoms with Gasteiger partial charge in [-0.25, -0.2) is 4.99 Å². The summed E-state index contributed by atoms with van der Waals surface area (Å²) in [4.78, 5) is 19.3. The van der Waals surface area contributed by atoms with Crippen LogP contribution in [0.25, 0.3) is 0 Å². The van der Waals surface area contributed by atoms with Crippen LogP contribution >= 0.6 is 24.0 Å². The number of carbonyl (C=O) groups is 1. The maximum atomic E-state index is 12.4. The van der Waals surface area contributed by atoms with Crippen LogP contribution in [0.4, 0.5) is 5.69 Å². The topological polar surface area (TPSA) is 66.0 Å². The number of ether oxygens (including phenoxy) is 1. The molecule has 2 fully saturated rings. The third-order valence-corrected chi connectivity index (χ3v) is 5.65. The van der Waals surface area contributed by atoms with Crippen molar-refractivity contribution in [1.29, 1.82) is 0 Å². The second-order valence-electron chi connectivity index (χ2n) is 8.28. The van der Waals surface area contributed by atoms with Crippen molar-refractivity contribution in [2.45, 2.75) is 52.0 Å². The van der Waals surface area contributed by atoms with Crippen LogP contribution in [0.2, 0.25) is 0 Å². The summed E-state index contributed by atoms with van der Waals surface area (Å²) in [6.45, 7) is 5.90. The Labute approximate surface area is 198 Å². The minimum Gasteiger partial charge on any atom is -0.379 e. The zero-order chi connectivity index (χ0) is 20.5. The van der Waals surface area contributed by atoms with Gasteiger partial charge in [0.1, 0.15) is 0 Å². The van der Waals surface area contributed by atoms with E-state index in [1.54, 1.807) is 0 Å². The number of benzene rings is 1. The maximum absolute atomic E-state index is 12.4. The molecule has 3 rings (SSSR count). The summed E-state index contributed by atoms with van der Waals surface area (Å²) in [6.07, 6.45) is 7.00. The van der Waals surface area contributed by atoms with Crippen LogP contribution < -0.4 is 10.6 Å². The number of carbonyl (C=O) groups excluding carboxylic acids is 1. The van der Waals surface area contributed by atoms with Gasteiger partial charge in [-0.05, 0) is 56.2 Å². The largest absolute Gasteiger partial charge is 0.379 e. The van der Waals surface area contributed by atoms with Crippen molar-refractivity contribution in [2.24, 2.45) is 16.8 Å². The average Bonchev–Trinajstić information content (AvgIpc) is 3.38. The van der Waals surface area contributed by atoms with E-state index in [1.807, 2.05) is 25.2 Å². The van der Waals surface area contributed by atoms with E-state index in [4.69, 9.17) is 9.73 Å². The SMILES string of the molecule is CCNC(=NCc1cccc(NC(=O)C2CCCC2)c1)N(C)CCOCC1CC1.I. The van der Waals surface area contributed by atoms with Gasteiger partial charge in [-0.15, -0.1) is 24.0 Å². The third kappa shape index (κ3) is 8.41. The highest BCUT2D eigenvalue weighted by molar-refractivity contribution is 14.0. The molecule has 1 aromatic rings. The Balaban J connectivity index is 0.00000320. The molecule has 0 atom stereocenters. The molecule has 2 saturated carbocycles. The molecule has 0 aliphatic heterocycles. The molecule has 0 spiro atoms. The molecule has 0 radical (unpaired) electrons. The standard InChI is InChI=1S/C23H36N4O2.HI/c1-3-24-23(27(2)13-14-29-17-18-11-12-18)25-16-19-7-6-10-21(15-19)26-22(28)20-8-4-5-9-20;/h6-7,10,15,18,20H,3-5,8-9,11-14,16-17H2,1-2H3,(H,24,25)(H,26,28);1H. The van der Waals surface area contributed by atoms with Crippen molar-refractivity contribution in [3.63, 3.8) is 0 Å². The Morgan fingerprint density at radius 3 is 2.70 bits per heavy atom. The molecule has 7 heteroatoms. The van der Waals surface area contributed by atoms with Crippen LogP contribution in [-0.4, -0.2) is 50.1 Å². The molecule has 0 heterocycles. The minimum absolute atomic E-state index is 0. The molecule has 0 saturated heterocycles. The van der Waals surface area contributed by atoms with Gasteiger partial charge in [0.05, 0.1) is 13.2 Å². The Morgan fingerprint density at radius 1 is 1.23 bits per heavy atom. The van der Waals surface area contributed by atoms with E-state index in [2.05, 4.69) is 28.5 Å². The van der Waals surface area contributed by atoms with Gasteiger partial charge >= 0.3 is 0 Å². The highest BCUT2D eigenvalue weighted by Crippen LogP contribution is 2.28. The average molecular weight is 528 g/mol. The molecule has 1 aromatic carbocycles. The molecule has 1 amide bonds. The van der Waals surface area contributed by atoms with Gasteiger partial charge in [0.25, 0.3) is 0 Å². The fourth-order valence-electron chi connectivity index (χ4n) is 3.66. The number of anilines is 1. The first-order valence-electron chi connectivity index (χ1n) is 11.1. The summed E-state index contributed by atoms with van der Waals surface area (Å²) >= 11 is 0. The lowest BCUT2D eigenvalue weighted by Crippen LogP contribution is -2.40. The van der Waals surface area contributed by atoms with Crippen molar-refractivity contribution in [3.8, 4) is 0 Å². The number of guanidine groups is 1. The minimum atomic E-state index is 0. The van der Waals surface area contributed by atoms with Crippen molar-refractivity contribution < 1.29 is 9.53 Å². The van der Waals surface area contributed by atoms with Crippen molar-refractivity contribution in [1.82, 2.24) is 10.2 Å². The Kier molecular flexibility index (Phi) is 10.9. The van der Waals surface area contributed by atoms with Gasteiger partial charge in [-0.1, -0.05) is 25.0 Å². The first kappa shape index (κ1) is 24.9. The Bertz CT molecular complexity index is 688. The molecule has 2 aliphatic carbocycles. The summed E-state index contributed by atoms with van der Waals surface area (Å²) in [5.41, 5.74) is 1.95. The molecule has 0 unspecified atom stereocenters. The number of rotatable bonds is 10. The van der Waals surface area contributed by atoms with Crippen molar-refractivity contribution in [3.05, 3.63) is 29.8 Å². The van der Waals surface area contributed by atoms with Gasteiger partial charge in [-0.3, -0.25) is 4.79 Å². The highest BCUT2D eigenvalue weighted by atomic mass is 127. The predicted octanol–water partition coefficient (Wildman–Crippen LogP) is 4.26. The lowest BCUT2D eigenvalue weighted by Gasteiger charge is -2.22. The van der Waals surface area contributed by atoms with Crippen molar-refractivity contribution >= 4 is 41.5 Å². The summed E-state index contributed by atoms with van der Waals surface area (Å²) in [5.74, 6) is 2.00. The van der Waals surface area contributed by atoms with E-state index in [0.717, 1.165) is 62.3 Å². The maximum Gasteiger partial charge on any atom is 0.227 e. The first-order chi connectivity index (χ1) is 14.2. The molecule has 30 heavy (non-hydrogen) atoms. The predicted molar refractivity (Wildman–Crippen MR) is 133 cm³/mol. The molecule has 2 aliphatic rings. The van der Waals surface area contributed by atoms with Crippen LogP contribution in [0.1, 0.15) is 51.0 Å². The van der Waals surface area contributed by atoms with E-state index >= 15 is 0 Å². The Morgan fingerprint density at radius 2 is 2.00 bits per heavy atom. The Hall–Kier alpha value is -1.35. The van der Waals surface area contributed by atoms with Crippen LogP contribution in [-0.2, 0) is 16.1 Å². The monoisotopic (exact) mass is 528 g/mol. The molecule has 0 bridgehead atoms. The summed E-state index contributed by atoms with van der Waals surface area (Å²) in [7, 11) is 2.04. The second-order valence-corrected chi connectivity index (χ2v) is 8.28. The van der Waals surface area contributed by atoms with Gasteiger partial charge < -0.3 is 20.3 Å². The molecule has 2 N–H and O–H groups in total. The smallest absolute Gasteiger partial charge is 0.227 e. The van der Waals surface area contributed by atoms with E-state index in [1.165, 1.54) is 25.7 Å². The normalized spacial score (nSPS) is 16.8.